The Morgan fingerprint density at radius 1 is 1.11 bits per heavy atom. The number of carboxylic acids is 1. The van der Waals surface area contributed by atoms with Gasteiger partial charge in [-0.05, 0) is 32.6 Å². The van der Waals surface area contributed by atoms with E-state index in [1.165, 1.54) is 17.3 Å². The van der Waals surface area contributed by atoms with Crippen LogP contribution in [0, 0.1) is 6.92 Å². The standard InChI is InChI=1S/C18H26N2O6S/c1-13-15(27(24,25)20-10-6-7-11-20)12-14(26-13)16(21)19-18(17(22)23)8-4-2-3-5-9-18/h12H,2-11H2,1H3,(H,19,21)(H,22,23). The van der Waals surface area contributed by atoms with Gasteiger partial charge < -0.3 is 14.8 Å². The number of aliphatic carboxylic acids is 1. The van der Waals surface area contributed by atoms with Gasteiger partial charge in [-0.3, -0.25) is 4.79 Å². The van der Waals surface area contributed by atoms with Crippen LogP contribution < -0.4 is 5.32 Å². The Morgan fingerprint density at radius 2 is 1.70 bits per heavy atom. The van der Waals surface area contributed by atoms with Crippen LogP contribution in [0.15, 0.2) is 15.4 Å². The van der Waals surface area contributed by atoms with Crippen molar-refractivity contribution in [3.05, 3.63) is 17.6 Å². The van der Waals surface area contributed by atoms with Gasteiger partial charge in [0.1, 0.15) is 16.2 Å². The van der Waals surface area contributed by atoms with Gasteiger partial charge in [-0.25, -0.2) is 13.2 Å². The van der Waals surface area contributed by atoms with E-state index < -0.39 is 27.4 Å². The molecule has 0 aromatic carbocycles. The zero-order chi connectivity index (χ0) is 19.7. The normalized spacial score (nSPS) is 20.9. The van der Waals surface area contributed by atoms with Gasteiger partial charge in [0.05, 0.1) is 0 Å². The number of hydrogen-bond donors (Lipinski definition) is 2. The number of rotatable bonds is 5. The quantitative estimate of drug-likeness (QED) is 0.735. The summed E-state index contributed by atoms with van der Waals surface area (Å²) in [6.07, 6.45) is 5.64. The number of amides is 1. The Kier molecular flexibility index (Phi) is 5.62. The molecule has 0 unspecified atom stereocenters. The van der Waals surface area contributed by atoms with Gasteiger partial charge in [-0.2, -0.15) is 4.31 Å². The van der Waals surface area contributed by atoms with Crippen LogP contribution in [-0.2, 0) is 14.8 Å². The average Bonchev–Trinajstić information content (AvgIpc) is 3.22. The fourth-order valence-corrected chi connectivity index (χ4v) is 5.58. The van der Waals surface area contributed by atoms with Crippen molar-refractivity contribution >= 4 is 21.9 Å². The highest BCUT2D eigenvalue weighted by Gasteiger charge is 2.41. The fourth-order valence-electron chi connectivity index (χ4n) is 3.90. The molecule has 1 aliphatic heterocycles. The van der Waals surface area contributed by atoms with Crippen LogP contribution in [0.1, 0.15) is 67.7 Å². The topological polar surface area (TPSA) is 117 Å². The van der Waals surface area contributed by atoms with Gasteiger partial charge in [0.15, 0.2) is 5.76 Å². The van der Waals surface area contributed by atoms with E-state index in [4.69, 9.17) is 4.42 Å². The lowest BCUT2D eigenvalue weighted by Crippen LogP contribution is -2.54. The fraction of sp³-hybridized carbons (Fsp3) is 0.667. The third-order valence-electron chi connectivity index (χ3n) is 5.50. The van der Waals surface area contributed by atoms with Gasteiger partial charge in [-0.15, -0.1) is 0 Å². The van der Waals surface area contributed by atoms with Crippen molar-refractivity contribution in [2.24, 2.45) is 0 Å². The molecule has 2 fully saturated rings. The summed E-state index contributed by atoms with van der Waals surface area (Å²) in [7, 11) is -3.71. The Balaban J connectivity index is 1.84. The highest BCUT2D eigenvalue weighted by Crippen LogP contribution is 2.30. The van der Waals surface area contributed by atoms with Crippen LogP contribution in [0.5, 0.6) is 0 Å². The number of carbonyl (C=O) groups is 2. The van der Waals surface area contributed by atoms with Crippen LogP contribution in [0.3, 0.4) is 0 Å². The minimum Gasteiger partial charge on any atom is -0.480 e. The summed E-state index contributed by atoms with van der Waals surface area (Å²) in [4.78, 5) is 24.5. The average molecular weight is 398 g/mol. The summed E-state index contributed by atoms with van der Waals surface area (Å²) < 4.78 is 32.3. The van der Waals surface area contributed by atoms with Crippen molar-refractivity contribution in [1.29, 1.82) is 0 Å². The summed E-state index contributed by atoms with van der Waals surface area (Å²) in [5.41, 5.74) is -1.33. The van der Waals surface area contributed by atoms with Gasteiger partial charge >= 0.3 is 5.97 Å². The highest BCUT2D eigenvalue weighted by molar-refractivity contribution is 7.89. The molecule has 1 saturated carbocycles. The molecule has 1 aromatic rings. The zero-order valence-corrected chi connectivity index (χ0v) is 16.3. The molecule has 3 rings (SSSR count). The number of nitrogens with zero attached hydrogens (tertiary/aromatic N) is 1. The van der Waals surface area contributed by atoms with Crippen LogP contribution in [-0.4, -0.2) is 48.3 Å². The molecular formula is C18H26N2O6S. The van der Waals surface area contributed by atoms with E-state index in [-0.39, 0.29) is 16.4 Å². The van der Waals surface area contributed by atoms with E-state index in [2.05, 4.69) is 5.32 Å². The van der Waals surface area contributed by atoms with Crippen molar-refractivity contribution < 1.29 is 27.5 Å². The maximum absolute atomic E-state index is 12.7. The van der Waals surface area contributed by atoms with E-state index in [1.54, 1.807) is 0 Å². The molecule has 27 heavy (non-hydrogen) atoms. The summed E-state index contributed by atoms with van der Waals surface area (Å²) in [6, 6.07) is 1.21. The third-order valence-corrected chi connectivity index (χ3v) is 7.50. The van der Waals surface area contributed by atoms with Crippen molar-refractivity contribution in [1.82, 2.24) is 9.62 Å². The summed E-state index contributed by atoms with van der Waals surface area (Å²) in [5, 5.41) is 12.3. The molecule has 2 N–H and O–H groups in total. The van der Waals surface area contributed by atoms with E-state index in [1.807, 2.05) is 0 Å². The van der Waals surface area contributed by atoms with Gasteiger partial charge in [0.25, 0.3) is 5.91 Å². The first-order chi connectivity index (χ1) is 12.8. The number of furan rings is 1. The molecule has 1 amide bonds. The monoisotopic (exact) mass is 398 g/mol. The van der Waals surface area contributed by atoms with Crippen LogP contribution in [0.4, 0.5) is 0 Å². The molecule has 9 heteroatoms. The smallest absolute Gasteiger partial charge is 0.329 e. The molecule has 0 atom stereocenters. The second-order valence-electron chi connectivity index (χ2n) is 7.40. The number of carboxylic acid groups (broad SMARTS) is 1. The second-order valence-corrected chi connectivity index (χ2v) is 9.30. The Morgan fingerprint density at radius 3 is 2.26 bits per heavy atom. The van der Waals surface area contributed by atoms with E-state index >= 15 is 0 Å². The van der Waals surface area contributed by atoms with Crippen molar-refractivity contribution in [2.75, 3.05) is 13.1 Å². The lowest BCUT2D eigenvalue weighted by Gasteiger charge is -2.28. The van der Waals surface area contributed by atoms with Gasteiger partial charge in [0, 0.05) is 19.2 Å². The summed E-state index contributed by atoms with van der Waals surface area (Å²) in [5.74, 6) is -1.79. The number of nitrogens with one attached hydrogen (secondary N) is 1. The summed E-state index contributed by atoms with van der Waals surface area (Å²) in [6.45, 7) is 2.41. The molecule has 1 aromatic heterocycles. The van der Waals surface area contributed by atoms with Crippen LogP contribution >= 0.6 is 0 Å². The van der Waals surface area contributed by atoms with Crippen molar-refractivity contribution in [3.63, 3.8) is 0 Å². The lowest BCUT2D eigenvalue weighted by atomic mass is 9.90. The van der Waals surface area contributed by atoms with Crippen LogP contribution in [0.25, 0.3) is 0 Å². The number of hydrogen-bond acceptors (Lipinski definition) is 5. The Labute approximate surface area is 159 Å². The number of aryl methyl sites for hydroxylation is 1. The van der Waals surface area contributed by atoms with Crippen LogP contribution in [0.2, 0.25) is 0 Å². The van der Waals surface area contributed by atoms with E-state index in [9.17, 15) is 23.1 Å². The molecule has 1 aliphatic carbocycles. The molecule has 0 spiro atoms. The van der Waals surface area contributed by atoms with E-state index in [0.717, 1.165) is 38.5 Å². The first-order valence-corrected chi connectivity index (χ1v) is 10.9. The maximum atomic E-state index is 12.7. The van der Waals surface area contributed by atoms with Crippen molar-refractivity contribution in [2.45, 2.75) is 68.7 Å². The predicted octanol–water partition coefficient (Wildman–Crippen LogP) is 2.28. The molecular weight excluding hydrogens is 372 g/mol. The highest BCUT2D eigenvalue weighted by atomic mass is 32.2. The SMILES string of the molecule is Cc1oc(C(=O)NC2(C(=O)O)CCCCCC2)cc1S(=O)(=O)N1CCCC1. The first-order valence-electron chi connectivity index (χ1n) is 9.43. The molecule has 0 bridgehead atoms. The maximum Gasteiger partial charge on any atom is 0.329 e. The second kappa shape index (κ2) is 7.63. The molecule has 150 valence electrons. The summed E-state index contributed by atoms with van der Waals surface area (Å²) >= 11 is 0. The Hall–Kier alpha value is -1.87. The third kappa shape index (κ3) is 3.89. The number of sulfonamides is 1. The largest absolute Gasteiger partial charge is 0.480 e. The molecule has 1 saturated heterocycles. The minimum absolute atomic E-state index is 0.0280. The molecule has 2 aliphatic rings. The van der Waals surface area contributed by atoms with Crippen molar-refractivity contribution in [3.8, 4) is 0 Å². The zero-order valence-electron chi connectivity index (χ0n) is 15.5. The Bertz CT molecular complexity index is 815. The number of carbonyl (C=O) groups excluding carboxylic acids is 1. The molecule has 8 nitrogen and oxygen atoms in total. The first kappa shape index (κ1) is 19.9. The van der Waals surface area contributed by atoms with E-state index in [0.29, 0.717) is 25.9 Å². The van der Waals surface area contributed by atoms with Gasteiger partial charge in [-0.1, -0.05) is 25.7 Å². The molecule has 2 heterocycles. The predicted molar refractivity (Wildman–Crippen MR) is 97.0 cm³/mol. The lowest BCUT2D eigenvalue weighted by molar-refractivity contribution is -0.145. The van der Waals surface area contributed by atoms with Gasteiger partial charge in [0.2, 0.25) is 10.0 Å². The molecule has 0 radical (unpaired) electrons. The minimum atomic E-state index is -3.71.